The van der Waals surface area contributed by atoms with E-state index in [1.807, 2.05) is 44.5 Å². The molecule has 1 fully saturated rings. The van der Waals surface area contributed by atoms with Gasteiger partial charge in [0.25, 0.3) is 0 Å². The molecule has 0 amide bonds. The summed E-state index contributed by atoms with van der Waals surface area (Å²) in [5.74, 6) is 0. The minimum absolute atomic E-state index is 0.350. The van der Waals surface area contributed by atoms with Crippen molar-refractivity contribution in [3.05, 3.63) is 31.1 Å². The molecule has 0 spiro atoms. The second kappa shape index (κ2) is 3.98. The van der Waals surface area contributed by atoms with Gasteiger partial charge in [0.2, 0.25) is 0 Å². The van der Waals surface area contributed by atoms with Crippen LogP contribution in [-0.4, -0.2) is 27.9 Å². The fourth-order valence-electron chi connectivity index (χ4n) is 1.97. The lowest BCUT2D eigenvalue weighted by atomic mass is 9.86. The van der Waals surface area contributed by atoms with Crippen LogP contribution < -0.4 is 5.59 Å². The van der Waals surface area contributed by atoms with Gasteiger partial charge in [-0.15, -0.1) is 0 Å². The molecular formula is C13H17BN2O3. The van der Waals surface area contributed by atoms with Crippen molar-refractivity contribution in [2.45, 2.75) is 38.9 Å². The van der Waals surface area contributed by atoms with Gasteiger partial charge >= 0.3 is 7.12 Å². The number of hydrogen-bond acceptors (Lipinski definition) is 4. The zero-order chi connectivity index (χ0) is 13.7. The van der Waals surface area contributed by atoms with Gasteiger partial charge in [0.1, 0.15) is 6.26 Å². The molecule has 2 aromatic rings. The molecule has 19 heavy (non-hydrogen) atoms. The third-order valence-electron chi connectivity index (χ3n) is 3.90. The first-order valence-corrected chi connectivity index (χ1v) is 6.31. The molecule has 3 rings (SSSR count). The Hall–Kier alpha value is -1.53. The molecule has 0 saturated carbocycles. The topological polar surface area (TPSA) is 49.4 Å². The second-order valence-electron chi connectivity index (χ2n) is 5.78. The maximum Gasteiger partial charge on any atom is 0.516 e. The van der Waals surface area contributed by atoms with E-state index >= 15 is 0 Å². The van der Waals surface area contributed by atoms with E-state index in [4.69, 9.17) is 13.7 Å². The van der Waals surface area contributed by atoms with E-state index in [-0.39, 0.29) is 11.2 Å². The number of rotatable bonds is 2. The van der Waals surface area contributed by atoms with Crippen molar-refractivity contribution in [1.29, 1.82) is 0 Å². The van der Waals surface area contributed by atoms with Crippen molar-refractivity contribution in [3.8, 4) is 5.69 Å². The predicted octanol–water partition coefficient (Wildman–Crippen LogP) is 1.76. The van der Waals surface area contributed by atoms with Gasteiger partial charge in [-0.2, -0.15) is 0 Å². The molecule has 3 heterocycles. The molecule has 1 aliphatic heterocycles. The molecule has 1 aliphatic rings. The summed E-state index contributed by atoms with van der Waals surface area (Å²) in [6.45, 7) is 8.11. The lowest BCUT2D eigenvalue weighted by molar-refractivity contribution is 0.00578. The van der Waals surface area contributed by atoms with Gasteiger partial charge in [-0.1, -0.05) is 0 Å². The minimum Gasteiger partial charge on any atom is -0.470 e. The average Bonchev–Trinajstić information content (AvgIpc) is 3.00. The Morgan fingerprint density at radius 2 is 1.84 bits per heavy atom. The SMILES string of the molecule is CC1(C)OB(c2cn(-c3ccoc3)cn2)OC1(C)C. The summed E-state index contributed by atoms with van der Waals surface area (Å²) in [7, 11) is -0.432. The minimum atomic E-state index is -0.432. The Morgan fingerprint density at radius 3 is 2.42 bits per heavy atom. The van der Waals surface area contributed by atoms with Gasteiger partial charge in [-0.25, -0.2) is 4.98 Å². The van der Waals surface area contributed by atoms with Crippen LogP contribution in [0.2, 0.25) is 0 Å². The van der Waals surface area contributed by atoms with Crippen LogP contribution in [0.3, 0.4) is 0 Å². The molecule has 2 aromatic heterocycles. The van der Waals surface area contributed by atoms with E-state index in [1.54, 1.807) is 18.9 Å². The van der Waals surface area contributed by atoms with Gasteiger partial charge in [-0.05, 0) is 27.7 Å². The second-order valence-corrected chi connectivity index (χ2v) is 5.78. The lowest BCUT2D eigenvalue weighted by Crippen LogP contribution is -2.41. The maximum atomic E-state index is 5.96. The predicted molar refractivity (Wildman–Crippen MR) is 71.5 cm³/mol. The molecule has 100 valence electrons. The summed E-state index contributed by atoms with van der Waals surface area (Å²) in [5, 5.41) is 0. The van der Waals surface area contributed by atoms with Crippen LogP contribution in [0.1, 0.15) is 27.7 Å². The van der Waals surface area contributed by atoms with Gasteiger partial charge in [0.05, 0.1) is 35.1 Å². The summed E-state index contributed by atoms with van der Waals surface area (Å²) in [5.41, 5.74) is 0.990. The third kappa shape index (κ3) is 2.01. The van der Waals surface area contributed by atoms with Crippen LogP contribution in [-0.2, 0) is 9.31 Å². The molecule has 5 nitrogen and oxygen atoms in total. The fourth-order valence-corrected chi connectivity index (χ4v) is 1.97. The monoisotopic (exact) mass is 260 g/mol. The number of furan rings is 1. The molecule has 0 atom stereocenters. The van der Waals surface area contributed by atoms with Gasteiger partial charge in [0.15, 0.2) is 0 Å². The molecule has 1 saturated heterocycles. The number of imidazole rings is 1. The number of nitrogens with zero attached hydrogens (tertiary/aromatic N) is 2. The quantitative estimate of drug-likeness (QED) is 0.772. The van der Waals surface area contributed by atoms with Crippen molar-refractivity contribution in [2.24, 2.45) is 0 Å². The van der Waals surface area contributed by atoms with E-state index in [0.29, 0.717) is 0 Å². The van der Waals surface area contributed by atoms with Crippen molar-refractivity contribution in [3.63, 3.8) is 0 Å². The number of hydrogen-bond donors (Lipinski definition) is 0. The van der Waals surface area contributed by atoms with Crippen LogP contribution in [0, 0.1) is 0 Å². The maximum absolute atomic E-state index is 5.96. The zero-order valence-corrected chi connectivity index (χ0v) is 11.6. The smallest absolute Gasteiger partial charge is 0.470 e. The summed E-state index contributed by atoms with van der Waals surface area (Å²) >= 11 is 0. The molecule has 0 aromatic carbocycles. The van der Waals surface area contributed by atoms with Crippen molar-refractivity contribution < 1.29 is 13.7 Å². The zero-order valence-electron chi connectivity index (χ0n) is 11.6. The highest BCUT2D eigenvalue weighted by molar-refractivity contribution is 6.61. The van der Waals surface area contributed by atoms with Crippen molar-refractivity contribution in [2.75, 3.05) is 0 Å². The summed E-state index contributed by atoms with van der Waals surface area (Å²) < 4.78 is 18.9. The van der Waals surface area contributed by atoms with Crippen molar-refractivity contribution >= 4 is 12.7 Å². The Balaban J connectivity index is 1.85. The Kier molecular flexibility index (Phi) is 2.62. The molecule has 0 bridgehead atoms. The largest absolute Gasteiger partial charge is 0.516 e. The first-order chi connectivity index (χ1) is 8.89. The van der Waals surface area contributed by atoms with Gasteiger partial charge in [-0.3, -0.25) is 0 Å². The standard InChI is InChI=1S/C13H17BN2O3/c1-12(2)13(3,4)19-14(18-12)11-7-16(9-15-11)10-5-6-17-8-10/h5-9H,1-4H3. The Morgan fingerprint density at radius 1 is 1.16 bits per heavy atom. The third-order valence-corrected chi connectivity index (χ3v) is 3.90. The molecular weight excluding hydrogens is 243 g/mol. The molecule has 0 aliphatic carbocycles. The van der Waals surface area contributed by atoms with E-state index in [0.717, 1.165) is 11.3 Å². The average molecular weight is 260 g/mol. The number of aromatic nitrogens is 2. The van der Waals surface area contributed by atoms with Gasteiger partial charge < -0.3 is 18.3 Å². The van der Waals surface area contributed by atoms with Gasteiger partial charge in [0, 0.05) is 12.3 Å². The van der Waals surface area contributed by atoms with Crippen LogP contribution in [0.15, 0.2) is 35.5 Å². The first kappa shape index (κ1) is 12.5. The van der Waals surface area contributed by atoms with Crippen LogP contribution in [0.25, 0.3) is 5.69 Å². The summed E-state index contributed by atoms with van der Waals surface area (Å²) in [4.78, 5) is 4.36. The van der Waals surface area contributed by atoms with E-state index < -0.39 is 7.12 Å². The fraction of sp³-hybridized carbons (Fsp3) is 0.462. The summed E-state index contributed by atoms with van der Waals surface area (Å²) in [6, 6.07) is 1.87. The highest BCUT2D eigenvalue weighted by atomic mass is 16.7. The first-order valence-electron chi connectivity index (χ1n) is 6.31. The molecule has 6 heteroatoms. The van der Waals surface area contributed by atoms with Crippen LogP contribution in [0.5, 0.6) is 0 Å². The highest BCUT2D eigenvalue weighted by Crippen LogP contribution is 2.36. The van der Waals surface area contributed by atoms with Crippen LogP contribution in [0.4, 0.5) is 0 Å². The molecule has 0 unspecified atom stereocenters. The Bertz CT molecular complexity index is 558. The van der Waals surface area contributed by atoms with Crippen LogP contribution >= 0.6 is 0 Å². The Labute approximate surface area is 112 Å². The molecule has 0 N–H and O–H groups in total. The molecule has 0 radical (unpaired) electrons. The van der Waals surface area contributed by atoms with E-state index in [2.05, 4.69) is 4.98 Å². The van der Waals surface area contributed by atoms with E-state index in [9.17, 15) is 0 Å². The van der Waals surface area contributed by atoms with Crippen molar-refractivity contribution in [1.82, 2.24) is 9.55 Å². The highest BCUT2D eigenvalue weighted by Gasteiger charge is 2.52. The lowest BCUT2D eigenvalue weighted by Gasteiger charge is -2.32. The van der Waals surface area contributed by atoms with E-state index in [1.165, 1.54) is 0 Å². The summed E-state index contributed by atoms with van der Waals surface area (Å²) in [6.07, 6.45) is 6.91. The normalized spacial score (nSPS) is 20.9.